The van der Waals surface area contributed by atoms with Crippen LogP contribution in [-0.4, -0.2) is 84.5 Å². The van der Waals surface area contributed by atoms with Gasteiger partial charge in [-0.25, -0.2) is 9.59 Å². The van der Waals surface area contributed by atoms with Crippen LogP contribution in [0.25, 0.3) is 0 Å². The first kappa shape index (κ1) is 27.1. The molecule has 1 unspecified atom stereocenters. The molecular weight excluding hydrogens is 452 g/mol. The van der Waals surface area contributed by atoms with E-state index < -0.39 is 29.4 Å². The summed E-state index contributed by atoms with van der Waals surface area (Å²) in [5.41, 5.74) is -1.97. The number of alkyl carbamates (subject to hydrolysis) is 1. The Balaban J connectivity index is 1.66. The zero-order valence-corrected chi connectivity index (χ0v) is 21.3. The third kappa shape index (κ3) is 7.99. The molecule has 3 fully saturated rings. The fourth-order valence-electron chi connectivity index (χ4n) is 5.03. The van der Waals surface area contributed by atoms with E-state index in [1.54, 1.807) is 25.7 Å². The molecule has 1 aliphatic carbocycles. The van der Waals surface area contributed by atoms with E-state index in [4.69, 9.17) is 14.2 Å². The van der Waals surface area contributed by atoms with Crippen LogP contribution in [0.15, 0.2) is 0 Å². The number of amides is 3. The van der Waals surface area contributed by atoms with Gasteiger partial charge in [-0.05, 0) is 46.0 Å². The molecule has 0 radical (unpaired) electrons. The molecule has 1 saturated carbocycles. The number of carbonyl (C=O) groups excluding carboxylic acids is 3. The molecule has 0 spiro atoms. The van der Waals surface area contributed by atoms with Crippen LogP contribution in [0.4, 0.5) is 9.59 Å². The van der Waals surface area contributed by atoms with Gasteiger partial charge in [-0.2, -0.15) is 5.26 Å². The topological polar surface area (TPSA) is 121 Å². The maximum Gasteiger partial charge on any atom is 0.410 e. The van der Waals surface area contributed by atoms with Crippen LogP contribution in [-0.2, 0) is 19.0 Å². The Bertz CT molecular complexity index is 795. The van der Waals surface area contributed by atoms with Gasteiger partial charge in [0.05, 0.1) is 25.8 Å². The number of hydrogen-bond donors (Lipinski definition) is 1. The van der Waals surface area contributed by atoms with E-state index >= 15 is 0 Å². The summed E-state index contributed by atoms with van der Waals surface area (Å²) in [5, 5.41) is 12.6. The summed E-state index contributed by atoms with van der Waals surface area (Å²) >= 11 is 0. The predicted octanol–water partition coefficient (Wildman–Crippen LogP) is 3.20. The van der Waals surface area contributed by atoms with Gasteiger partial charge in [0.15, 0.2) is 6.10 Å². The van der Waals surface area contributed by atoms with Crippen molar-refractivity contribution in [1.82, 2.24) is 15.1 Å². The Labute approximate surface area is 208 Å². The molecule has 2 heterocycles. The largest absolute Gasteiger partial charge is 0.444 e. The van der Waals surface area contributed by atoms with Crippen LogP contribution in [0, 0.1) is 17.2 Å². The molecule has 3 aliphatic rings. The van der Waals surface area contributed by atoms with E-state index in [0.29, 0.717) is 58.0 Å². The molecule has 2 aliphatic heterocycles. The predicted molar refractivity (Wildman–Crippen MR) is 127 cm³/mol. The quantitative estimate of drug-likeness (QED) is 0.625. The third-order valence-corrected chi connectivity index (χ3v) is 6.82. The molecule has 2 atom stereocenters. The minimum absolute atomic E-state index is 0.00177. The highest BCUT2D eigenvalue weighted by molar-refractivity contribution is 5.84. The maximum absolute atomic E-state index is 13.3. The van der Waals surface area contributed by atoms with Gasteiger partial charge in [-0.15, -0.1) is 0 Å². The summed E-state index contributed by atoms with van der Waals surface area (Å²) in [4.78, 5) is 41.9. The number of ether oxygens (including phenoxy) is 3. The number of nitrogens with one attached hydrogen (secondary N) is 1. The Morgan fingerprint density at radius 2 is 1.77 bits per heavy atom. The van der Waals surface area contributed by atoms with E-state index in [-0.39, 0.29) is 12.5 Å². The molecule has 0 aromatic rings. The Morgan fingerprint density at radius 1 is 1.09 bits per heavy atom. The van der Waals surface area contributed by atoms with Crippen LogP contribution in [0.5, 0.6) is 0 Å². The van der Waals surface area contributed by atoms with Gasteiger partial charge < -0.3 is 29.3 Å². The lowest BCUT2D eigenvalue weighted by Gasteiger charge is -2.39. The molecule has 3 amide bonds. The standard InChI is InChI=1S/C25H40N4O6/c1-24(2,3)35-23(32)29-11-7-10-25(17-26,18-29)27-22(31)34-20(16-19-8-5-4-6-9-19)21(30)28-12-14-33-15-13-28/h19-20H,4-16,18H2,1-3H3,(H,27,31)/t20-,25?/m0/s1. The number of hydrogen-bond acceptors (Lipinski definition) is 7. The first-order chi connectivity index (χ1) is 16.6. The van der Waals surface area contributed by atoms with E-state index in [1.807, 2.05) is 0 Å². The van der Waals surface area contributed by atoms with Crippen LogP contribution in [0.1, 0.15) is 72.1 Å². The van der Waals surface area contributed by atoms with Gasteiger partial charge in [-0.1, -0.05) is 32.1 Å². The fourth-order valence-corrected chi connectivity index (χ4v) is 5.03. The zero-order valence-electron chi connectivity index (χ0n) is 21.3. The van der Waals surface area contributed by atoms with Crippen LogP contribution < -0.4 is 5.32 Å². The van der Waals surface area contributed by atoms with Crippen molar-refractivity contribution in [3.05, 3.63) is 0 Å². The van der Waals surface area contributed by atoms with Crippen molar-refractivity contribution in [2.75, 3.05) is 39.4 Å². The van der Waals surface area contributed by atoms with Crippen LogP contribution >= 0.6 is 0 Å². The van der Waals surface area contributed by atoms with Crippen molar-refractivity contribution in [3.63, 3.8) is 0 Å². The number of piperidine rings is 1. The summed E-state index contributed by atoms with van der Waals surface area (Å²) in [5.74, 6) is 0.118. The summed E-state index contributed by atoms with van der Waals surface area (Å²) in [6.07, 6.45) is 4.62. The maximum atomic E-state index is 13.3. The number of rotatable bonds is 5. The van der Waals surface area contributed by atoms with E-state index in [0.717, 1.165) is 25.7 Å². The SMILES string of the molecule is CC(C)(C)OC(=O)N1CCCC(C#N)(NC(=O)O[C@@H](CC2CCCCC2)C(=O)N2CCOCC2)C1. The second-order valence-corrected chi connectivity index (χ2v) is 10.9. The normalized spacial score (nSPS) is 24.7. The number of morpholine rings is 1. The molecule has 0 bridgehead atoms. The molecule has 1 N–H and O–H groups in total. The minimum atomic E-state index is -1.30. The fraction of sp³-hybridized carbons (Fsp3) is 0.840. The highest BCUT2D eigenvalue weighted by Crippen LogP contribution is 2.29. The minimum Gasteiger partial charge on any atom is -0.444 e. The van der Waals surface area contributed by atoms with Crippen LogP contribution in [0.2, 0.25) is 0 Å². The highest BCUT2D eigenvalue weighted by Gasteiger charge is 2.41. The van der Waals surface area contributed by atoms with Gasteiger partial charge in [0.1, 0.15) is 11.1 Å². The average molecular weight is 493 g/mol. The van der Waals surface area contributed by atoms with Crippen molar-refractivity contribution in [2.45, 2.75) is 89.4 Å². The van der Waals surface area contributed by atoms with Crippen LogP contribution in [0.3, 0.4) is 0 Å². The van der Waals surface area contributed by atoms with Gasteiger partial charge in [0, 0.05) is 19.6 Å². The van der Waals surface area contributed by atoms with E-state index in [9.17, 15) is 19.6 Å². The first-order valence-electron chi connectivity index (χ1n) is 12.9. The molecule has 10 nitrogen and oxygen atoms in total. The zero-order chi connectivity index (χ0) is 25.5. The molecule has 0 aromatic carbocycles. The van der Waals surface area contributed by atoms with Crippen molar-refractivity contribution < 1.29 is 28.6 Å². The number of carbonyl (C=O) groups is 3. The van der Waals surface area contributed by atoms with Crippen molar-refractivity contribution in [2.24, 2.45) is 5.92 Å². The summed E-state index contributed by atoms with van der Waals surface area (Å²) in [6.45, 7) is 7.64. The number of likely N-dealkylation sites (tertiary alicyclic amines) is 1. The third-order valence-electron chi connectivity index (χ3n) is 6.82. The Hall–Kier alpha value is -2.54. The highest BCUT2D eigenvalue weighted by atomic mass is 16.6. The molecule has 35 heavy (non-hydrogen) atoms. The monoisotopic (exact) mass is 492 g/mol. The molecular formula is C25H40N4O6. The second-order valence-electron chi connectivity index (χ2n) is 10.9. The molecule has 10 heteroatoms. The number of nitriles is 1. The van der Waals surface area contributed by atoms with Gasteiger partial charge in [0.2, 0.25) is 0 Å². The molecule has 3 rings (SSSR count). The van der Waals surface area contributed by atoms with Gasteiger partial charge in [-0.3, -0.25) is 4.79 Å². The second kappa shape index (κ2) is 11.9. The van der Waals surface area contributed by atoms with Crippen molar-refractivity contribution in [1.29, 1.82) is 5.26 Å². The molecule has 2 saturated heterocycles. The summed E-state index contributed by atoms with van der Waals surface area (Å²) < 4.78 is 16.5. The lowest BCUT2D eigenvalue weighted by Crippen LogP contribution is -2.60. The summed E-state index contributed by atoms with van der Waals surface area (Å²) in [7, 11) is 0. The van der Waals surface area contributed by atoms with Gasteiger partial charge in [0.25, 0.3) is 5.91 Å². The lowest BCUT2D eigenvalue weighted by atomic mass is 9.85. The van der Waals surface area contributed by atoms with E-state index in [1.165, 1.54) is 11.3 Å². The molecule has 0 aromatic heterocycles. The summed E-state index contributed by atoms with van der Waals surface area (Å²) in [6, 6.07) is 2.17. The van der Waals surface area contributed by atoms with Crippen molar-refractivity contribution in [3.8, 4) is 6.07 Å². The van der Waals surface area contributed by atoms with E-state index in [2.05, 4.69) is 11.4 Å². The average Bonchev–Trinajstić information content (AvgIpc) is 2.83. The smallest absolute Gasteiger partial charge is 0.410 e. The van der Waals surface area contributed by atoms with Crippen molar-refractivity contribution >= 4 is 18.1 Å². The lowest BCUT2D eigenvalue weighted by molar-refractivity contribution is -0.145. The molecule has 196 valence electrons. The number of nitrogens with zero attached hydrogens (tertiary/aromatic N) is 3. The first-order valence-corrected chi connectivity index (χ1v) is 12.9. The Morgan fingerprint density at radius 3 is 2.40 bits per heavy atom. The Kier molecular flexibility index (Phi) is 9.22. The van der Waals surface area contributed by atoms with Gasteiger partial charge >= 0.3 is 12.2 Å².